The molecule has 1 N–H and O–H groups in total. The fourth-order valence-corrected chi connectivity index (χ4v) is 8.23. The van der Waals surface area contributed by atoms with Crippen LogP contribution in [0.15, 0.2) is 36.5 Å². The first-order valence-corrected chi connectivity index (χ1v) is 16.9. The van der Waals surface area contributed by atoms with Crippen LogP contribution in [-0.2, 0) is 31.1 Å². The van der Waals surface area contributed by atoms with Crippen LogP contribution in [-0.4, -0.2) is 68.3 Å². The molecule has 8 nitrogen and oxygen atoms in total. The Balaban J connectivity index is 1.42. The predicted octanol–water partition coefficient (Wildman–Crippen LogP) is 4.20. The van der Waals surface area contributed by atoms with Crippen LogP contribution >= 0.6 is 11.6 Å². The van der Waals surface area contributed by atoms with Crippen LogP contribution in [0.3, 0.4) is 0 Å². The van der Waals surface area contributed by atoms with Crippen molar-refractivity contribution in [1.82, 2.24) is 9.29 Å². The summed E-state index contributed by atoms with van der Waals surface area (Å²) >= 11 is 6.49. The molecule has 0 aliphatic carbocycles. The molecule has 11 heteroatoms. The molecule has 2 saturated heterocycles. The highest BCUT2D eigenvalue weighted by Crippen LogP contribution is 2.31. The number of benzene rings is 1. The van der Waals surface area contributed by atoms with Gasteiger partial charge < -0.3 is 5.32 Å². The quantitative estimate of drug-likeness (QED) is 0.472. The lowest BCUT2D eigenvalue weighted by Crippen LogP contribution is -2.45. The number of sulfonamides is 1. The molecule has 0 amide bonds. The van der Waals surface area contributed by atoms with E-state index in [1.165, 1.54) is 4.31 Å². The topological polar surface area (TPSA) is 114 Å². The third-order valence-electron chi connectivity index (χ3n) is 7.51. The van der Waals surface area contributed by atoms with Crippen molar-refractivity contribution in [2.75, 3.05) is 36.5 Å². The number of carbonyl (C=O) groups is 1. The number of anilines is 1. The summed E-state index contributed by atoms with van der Waals surface area (Å²) in [6.45, 7) is 4.70. The fourth-order valence-electron chi connectivity index (χ4n) is 5.06. The Morgan fingerprint density at radius 2 is 1.92 bits per heavy atom. The zero-order valence-corrected chi connectivity index (χ0v) is 24.3. The molecule has 1 aromatic carbocycles. The Morgan fingerprint density at radius 1 is 1.18 bits per heavy atom. The summed E-state index contributed by atoms with van der Waals surface area (Å²) < 4.78 is 50.0. The van der Waals surface area contributed by atoms with Gasteiger partial charge in [0.15, 0.2) is 0 Å². The van der Waals surface area contributed by atoms with Gasteiger partial charge in [0.05, 0.1) is 21.8 Å². The normalized spacial score (nSPS) is 20.9. The first-order valence-electron chi connectivity index (χ1n) is 13.2. The first kappa shape index (κ1) is 29.0. The van der Waals surface area contributed by atoms with Crippen LogP contribution in [0.25, 0.3) is 11.1 Å². The van der Waals surface area contributed by atoms with E-state index in [-0.39, 0.29) is 36.2 Å². The molecule has 3 heterocycles. The van der Waals surface area contributed by atoms with Gasteiger partial charge in [-0.05, 0) is 69.2 Å². The number of halogens is 1. The van der Waals surface area contributed by atoms with Gasteiger partial charge in [0.1, 0.15) is 15.6 Å². The van der Waals surface area contributed by atoms with Crippen molar-refractivity contribution in [2.45, 2.75) is 51.2 Å². The van der Waals surface area contributed by atoms with E-state index in [9.17, 15) is 21.6 Å². The van der Waals surface area contributed by atoms with Gasteiger partial charge in [-0.1, -0.05) is 23.7 Å². The van der Waals surface area contributed by atoms with Gasteiger partial charge in [-0.25, -0.2) is 21.1 Å². The number of nitrogens with one attached hydrogen (secondary N) is 1. The SMILES string of the molecule is CC(C)S(=O)(=O)N1CCC[C@@H](C(=O)Cc2cc(-c3cccc(NCC4CCS(=O)(=O)CC4)c3)c(Cl)cn2)C1. The smallest absolute Gasteiger partial charge is 0.216 e. The van der Waals surface area contributed by atoms with Crippen molar-refractivity contribution in [1.29, 1.82) is 0 Å². The van der Waals surface area contributed by atoms with Crippen molar-refractivity contribution in [3.63, 3.8) is 0 Å². The van der Waals surface area contributed by atoms with Gasteiger partial charge in [-0.3, -0.25) is 9.78 Å². The minimum Gasteiger partial charge on any atom is -0.385 e. The zero-order chi connectivity index (χ0) is 27.5. The number of carbonyl (C=O) groups excluding carboxylic acids is 1. The molecule has 1 atom stereocenters. The average molecular weight is 582 g/mol. The number of Topliss-reactive ketones (excluding diaryl/α,β-unsaturated/α-hetero) is 1. The maximum Gasteiger partial charge on any atom is 0.216 e. The first-order chi connectivity index (χ1) is 17.9. The molecule has 2 aliphatic heterocycles. The van der Waals surface area contributed by atoms with E-state index >= 15 is 0 Å². The number of hydrogen-bond acceptors (Lipinski definition) is 7. The highest BCUT2D eigenvalue weighted by atomic mass is 35.5. The average Bonchev–Trinajstić information content (AvgIpc) is 2.89. The van der Waals surface area contributed by atoms with Crippen molar-refractivity contribution in [2.24, 2.45) is 11.8 Å². The number of nitrogens with zero attached hydrogens (tertiary/aromatic N) is 2. The summed E-state index contributed by atoms with van der Waals surface area (Å²) in [7, 11) is -6.27. The van der Waals surface area contributed by atoms with Gasteiger partial charge in [0.2, 0.25) is 10.0 Å². The maximum atomic E-state index is 13.1. The number of pyridine rings is 1. The third kappa shape index (κ3) is 7.14. The minimum absolute atomic E-state index is 0.0145. The summed E-state index contributed by atoms with van der Waals surface area (Å²) in [4.78, 5) is 17.5. The monoisotopic (exact) mass is 581 g/mol. The molecule has 38 heavy (non-hydrogen) atoms. The van der Waals surface area contributed by atoms with E-state index in [4.69, 9.17) is 11.6 Å². The molecule has 2 aliphatic rings. The maximum absolute atomic E-state index is 13.1. The van der Waals surface area contributed by atoms with Crippen molar-refractivity contribution < 1.29 is 21.6 Å². The van der Waals surface area contributed by atoms with Gasteiger partial charge >= 0.3 is 0 Å². The molecular weight excluding hydrogens is 546 g/mol. The van der Waals surface area contributed by atoms with Crippen LogP contribution in [0, 0.1) is 11.8 Å². The summed E-state index contributed by atoms with van der Waals surface area (Å²) in [5.74, 6) is 0.454. The molecule has 0 saturated carbocycles. The Morgan fingerprint density at radius 3 is 2.63 bits per heavy atom. The Kier molecular flexibility index (Phi) is 9.17. The lowest BCUT2D eigenvalue weighted by atomic mass is 9.92. The molecule has 0 bridgehead atoms. The van der Waals surface area contributed by atoms with E-state index in [1.54, 1.807) is 20.0 Å². The van der Waals surface area contributed by atoms with Crippen LogP contribution < -0.4 is 5.32 Å². The van der Waals surface area contributed by atoms with Gasteiger partial charge in [0.25, 0.3) is 0 Å². The highest BCUT2D eigenvalue weighted by Gasteiger charge is 2.33. The van der Waals surface area contributed by atoms with Crippen LogP contribution in [0.5, 0.6) is 0 Å². The van der Waals surface area contributed by atoms with Gasteiger partial charge in [0, 0.05) is 55.1 Å². The number of rotatable bonds is 9. The number of piperidine rings is 1. The number of sulfone groups is 1. The lowest BCUT2D eigenvalue weighted by Gasteiger charge is -2.32. The molecule has 0 radical (unpaired) electrons. The second-order valence-electron chi connectivity index (χ2n) is 10.6. The molecule has 0 unspecified atom stereocenters. The van der Waals surface area contributed by atoms with Gasteiger partial charge in [-0.2, -0.15) is 0 Å². The van der Waals surface area contributed by atoms with E-state index in [0.717, 1.165) is 16.8 Å². The van der Waals surface area contributed by atoms with Crippen molar-refractivity contribution in [3.8, 4) is 11.1 Å². The summed E-state index contributed by atoms with van der Waals surface area (Å²) in [6.07, 6.45) is 4.35. The van der Waals surface area contributed by atoms with Crippen LogP contribution in [0.4, 0.5) is 5.69 Å². The summed E-state index contributed by atoms with van der Waals surface area (Å²) in [5.41, 5.74) is 3.16. The molecule has 2 fully saturated rings. The molecule has 4 rings (SSSR count). The molecule has 1 aromatic heterocycles. The largest absolute Gasteiger partial charge is 0.385 e. The zero-order valence-electron chi connectivity index (χ0n) is 21.9. The Hall–Kier alpha value is -2.01. The molecular formula is C27H36ClN3O5S2. The van der Waals surface area contributed by atoms with E-state index < -0.39 is 25.1 Å². The second kappa shape index (κ2) is 12.0. The van der Waals surface area contributed by atoms with E-state index in [1.807, 2.05) is 30.3 Å². The van der Waals surface area contributed by atoms with Crippen LogP contribution in [0.1, 0.15) is 45.2 Å². The van der Waals surface area contributed by atoms with Gasteiger partial charge in [-0.15, -0.1) is 0 Å². The molecule has 2 aromatic rings. The molecule has 208 valence electrons. The minimum atomic E-state index is -3.39. The van der Waals surface area contributed by atoms with Crippen molar-refractivity contribution in [3.05, 3.63) is 47.2 Å². The van der Waals surface area contributed by atoms with Crippen LogP contribution in [0.2, 0.25) is 5.02 Å². The molecule has 0 spiro atoms. The standard InChI is InChI=1S/C27H36ClN3O5S2/c1-19(2)38(35,36)31-10-4-6-22(18-31)27(32)15-24-14-25(26(28)17-30-24)21-5-3-7-23(13-21)29-16-20-8-11-37(33,34)12-9-20/h3,5,7,13-14,17,19-20,22,29H,4,6,8-12,15-16,18H2,1-2H3/t22-/m1/s1. The predicted molar refractivity (Wildman–Crippen MR) is 152 cm³/mol. The second-order valence-corrected chi connectivity index (χ2v) is 15.8. The Labute approximate surface area is 231 Å². The number of ketones is 1. The number of aromatic nitrogens is 1. The summed E-state index contributed by atoms with van der Waals surface area (Å²) in [5, 5.41) is 3.39. The fraction of sp³-hybridized carbons (Fsp3) is 0.556. The lowest BCUT2D eigenvalue weighted by molar-refractivity contribution is -0.123. The third-order valence-corrected chi connectivity index (χ3v) is 11.8. The number of hydrogen-bond donors (Lipinski definition) is 1. The highest BCUT2D eigenvalue weighted by molar-refractivity contribution is 7.91. The summed E-state index contributed by atoms with van der Waals surface area (Å²) in [6, 6.07) is 9.65. The van der Waals surface area contributed by atoms with E-state index in [0.29, 0.717) is 55.4 Å². The van der Waals surface area contributed by atoms with E-state index in [2.05, 4.69) is 10.3 Å². The Bertz CT molecular complexity index is 1360. The van der Waals surface area contributed by atoms with Crippen molar-refractivity contribution >= 4 is 42.9 Å².